The molecule has 0 saturated carbocycles. The van der Waals surface area contributed by atoms with Crippen molar-refractivity contribution in [2.24, 2.45) is 0 Å². The van der Waals surface area contributed by atoms with E-state index in [4.69, 9.17) is 0 Å². The maximum absolute atomic E-state index is 12.3. The average molecular weight is 248 g/mol. The van der Waals surface area contributed by atoms with Gasteiger partial charge < -0.3 is 5.32 Å². The SMILES string of the molecule is CCNC1CCCN(S(=O)(=O)C(C)(C)C)C1. The van der Waals surface area contributed by atoms with Gasteiger partial charge >= 0.3 is 0 Å². The maximum Gasteiger partial charge on any atom is 0.219 e. The minimum Gasteiger partial charge on any atom is -0.313 e. The molecule has 1 N–H and O–H groups in total. The lowest BCUT2D eigenvalue weighted by atomic mass is 10.1. The third-order valence-corrected chi connectivity index (χ3v) is 5.55. The summed E-state index contributed by atoms with van der Waals surface area (Å²) in [5.74, 6) is 0. The van der Waals surface area contributed by atoms with Crippen molar-refractivity contribution in [2.75, 3.05) is 19.6 Å². The van der Waals surface area contributed by atoms with Crippen LogP contribution in [0.5, 0.6) is 0 Å². The number of hydrogen-bond donors (Lipinski definition) is 1. The van der Waals surface area contributed by atoms with Crippen LogP contribution in [-0.2, 0) is 10.0 Å². The van der Waals surface area contributed by atoms with E-state index in [-0.39, 0.29) is 0 Å². The summed E-state index contributed by atoms with van der Waals surface area (Å²) in [6.45, 7) is 9.53. The molecule has 1 aliphatic rings. The second-order valence-corrected chi connectivity index (χ2v) is 8.06. The quantitative estimate of drug-likeness (QED) is 0.816. The molecule has 1 fully saturated rings. The number of piperidine rings is 1. The molecule has 0 radical (unpaired) electrons. The van der Waals surface area contributed by atoms with Crippen molar-refractivity contribution in [1.29, 1.82) is 0 Å². The maximum atomic E-state index is 12.3. The van der Waals surface area contributed by atoms with Crippen LogP contribution in [-0.4, -0.2) is 43.1 Å². The molecule has 0 bridgehead atoms. The molecule has 0 amide bonds. The zero-order valence-electron chi connectivity index (χ0n) is 10.8. The van der Waals surface area contributed by atoms with E-state index >= 15 is 0 Å². The second-order valence-electron chi connectivity index (χ2n) is 5.37. The minimum atomic E-state index is -3.16. The molecule has 0 aliphatic carbocycles. The number of nitrogens with zero attached hydrogens (tertiary/aromatic N) is 1. The normalized spacial score (nSPS) is 24.6. The first kappa shape index (κ1) is 13.9. The highest BCUT2D eigenvalue weighted by atomic mass is 32.2. The van der Waals surface area contributed by atoms with E-state index in [0.717, 1.165) is 19.4 Å². The summed E-state index contributed by atoms with van der Waals surface area (Å²) in [7, 11) is -3.16. The number of nitrogens with one attached hydrogen (secondary N) is 1. The first-order valence-corrected chi connectivity index (χ1v) is 7.46. The number of rotatable bonds is 3. The lowest BCUT2D eigenvalue weighted by Gasteiger charge is -2.36. The Morgan fingerprint density at radius 3 is 2.50 bits per heavy atom. The number of sulfonamides is 1. The van der Waals surface area contributed by atoms with Crippen molar-refractivity contribution in [3.63, 3.8) is 0 Å². The summed E-state index contributed by atoms with van der Waals surface area (Å²) < 4.78 is 25.5. The van der Waals surface area contributed by atoms with Crippen molar-refractivity contribution >= 4 is 10.0 Å². The highest BCUT2D eigenvalue weighted by Crippen LogP contribution is 2.23. The monoisotopic (exact) mass is 248 g/mol. The largest absolute Gasteiger partial charge is 0.313 e. The van der Waals surface area contributed by atoms with Gasteiger partial charge in [-0.2, -0.15) is 4.31 Å². The Morgan fingerprint density at radius 2 is 2.00 bits per heavy atom. The van der Waals surface area contributed by atoms with Crippen LogP contribution >= 0.6 is 0 Å². The van der Waals surface area contributed by atoms with E-state index in [1.54, 1.807) is 25.1 Å². The molecule has 0 aromatic rings. The molecule has 4 nitrogen and oxygen atoms in total. The first-order chi connectivity index (χ1) is 7.29. The zero-order valence-corrected chi connectivity index (χ0v) is 11.6. The van der Waals surface area contributed by atoms with Gasteiger partial charge in [0.15, 0.2) is 0 Å². The standard InChI is InChI=1S/C11H24N2O2S/c1-5-12-10-7-6-8-13(9-10)16(14,15)11(2,3)4/h10,12H,5-9H2,1-4H3. The van der Waals surface area contributed by atoms with Crippen molar-refractivity contribution in [3.05, 3.63) is 0 Å². The Hall–Kier alpha value is -0.130. The molecule has 96 valence electrons. The van der Waals surface area contributed by atoms with Crippen LogP contribution in [0.1, 0.15) is 40.5 Å². The molecular formula is C11H24N2O2S. The fourth-order valence-electron chi connectivity index (χ4n) is 2.00. The Bertz CT molecular complexity index is 317. The van der Waals surface area contributed by atoms with E-state index in [1.807, 2.05) is 0 Å². The second kappa shape index (κ2) is 5.02. The Morgan fingerprint density at radius 1 is 1.38 bits per heavy atom. The van der Waals surface area contributed by atoms with Crippen molar-refractivity contribution in [2.45, 2.75) is 51.3 Å². The van der Waals surface area contributed by atoms with E-state index < -0.39 is 14.8 Å². The van der Waals surface area contributed by atoms with Gasteiger partial charge in [0.2, 0.25) is 10.0 Å². The van der Waals surface area contributed by atoms with Crippen LogP contribution in [0.2, 0.25) is 0 Å². The molecule has 1 saturated heterocycles. The lowest BCUT2D eigenvalue weighted by molar-refractivity contribution is 0.280. The van der Waals surface area contributed by atoms with Gasteiger partial charge in [-0.15, -0.1) is 0 Å². The molecule has 16 heavy (non-hydrogen) atoms. The number of hydrogen-bond acceptors (Lipinski definition) is 3. The number of likely N-dealkylation sites (N-methyl/N-ethyl adjacent to an activating group) is 1. The third kappa shape index (κ3) is 2.96. The molecule has 0 aromatic heterocycles. The molecule has 5 heteroatoms. The smallest absolute Gasteiger partial charge is 0.219 e. The van der Waals surface area contributed by atoms with Gasteiger partial charge in [0.1, 0.15) is 0 Å². The molecule has 0 aromatic carbocycles. The molecular weight excluding hydrogens is 224 g/mol. The van der Waals surface area contributed by atoms with E-state index in [0.29, 0.717) is 19.1 Å². The predicted octanol–water partition coefficient (Wildman–Crippen LogP) is 1.19. The molecule has 0 spiro atoms. The van der Waals surface area contributed by atoms with Crippen molar-refractivity contribution < 1.29 is 8.42 Å². The van der Waals surface area contributed by atoms with E-state index in [1.165, 1.54) is 0 Å². The van der Waals surface area contributed by atoms with Crippen LogP contribution in [0.3, 0.4) is 0 Å². The van der Waals surface area contributed by atoms with Gasteiger partial charge in [-0.1, -0.05) is 6.92 Å². The fourth-order valence-corrected chi connectivity index (χ4v) is 3.52. The van der Waals surface area contributed by atoms with Crippen LogP contribution in [0.25, 0.3) is 0 Å². The van der Waals surface area contributed by atoms with Gasteiger partial charge in [0, 0.05) is 19.1 Å². The summed E-state index contributed by atoms with van der Waals surface area (Å²) in [5, 5.41) is 3.33. The van der Waals surface area contributed by atoms with Crippen LogP contribution in [0.4, 0.5) is 0 Å². The minimum absolute atomic E-state index is 0.316. The summed E-state index contributed by atoms with van der Waals surface area (Å²) >= 11 is 0. The highest BCUT2D eigenvalue weighted by molar-refractivity contribution is 7.90. The van der Waals surface area contributed by atoms with Gasteiger partial charge in [-0.3, -0.25) is 0 Å². The average Bonchev–Trinajstić information content (AvgIpc) is 2.17. The van der Waals surface area contributed by atoms with E-state index in [2.05, 4.69) is 12.2 Å². The molecule has 1 atom stereocenters. The molecule has 1 aliphatic heterocycles. The predicted molar refractivity (Wildman–Crippen MR) is 66.9 cm³/mol. The molecule has 1 heterocycles. The van der Waals surface area contributed by atoms with Gasteiger partial charge in [-0.05, 0) is 40.2 Å². The van der Waals surface area contributed by atoms with Crippen LogP contribution < -0.4 is 5.32 Å². The summed E-state index contributed by atoms with van der Waals surface area (Å²) in [5.41, 5.74) is 0. The summed E-state index contributed by atoms with van der Waals surface area (Å²) in [6, 6.07) is 0.316. The highest BCUT2D eigenvalue weighted by Gasteiger charge is 2.37. The van der Waals surface area contributed by atoms with Gasteiger partial charge in [0.25, 0.3) is 0 Å². The zero-order chi connectivity index (χ0) is 12.4. The third-order valence-electron chi connectivity index (χ3n) is 2.99. The van der Waals surface area contributed by atoms with Gasteiger partial charge in [-0.25, -0.2) is 8.42 Å². The molecule has 1 rings (SSSR count). The topological polar surface area (TPSA) is 49.4 Å². The van der Waals surface area contributed by atoms with Crippen molar-refractivity contribution in [3.8, 4) is 0 Å². The summed E-state index contributed by atoms with van der Waals surface area (Å²) in [4.78, 5) is 0. The Kier molecular flexibility index (Phi) is 4.37. The van der Waals surface area contributed by atoms with E-state index in [9.17, 15) is 8.42 Å². The Labute approximate surface area is 99.5 Å². The first-order valence-electron chi connectivity index (χ1n) is 6.02. The molecule has 1 unspecified atom stereocenters. The van der Waals surface area contributed by atoms with Crippen LogP contribution in [0.15, 0.2) is 0 Å². The van der Waals surface area contributed by atoms with Crippen LogP contribution in [0, 0.1) is 0 Å². The lowest BCUT2D eigenvalue weighted by Crippen LogP contribution is -2.52. The summed E-state index contributed by atoms with van der Waals surface area (Å²) in [6.07, 6.45) is 2.02. The van der Waals surface area contributed by atoms with Crippen molar-refractivity contribution in [1.82, 2.24) is 9.62 Å². The fraction of sp³-hybridized carbons (Fsp3) is 1.00. The Balaban J connectivity index is 2.74. The van der Waals surface area contributed by atoms with Gasteiger partial charge in [0.05, 0.1) is 4.75 Å².